The Labute approximate surface area is 127 Å². The van der Waals surface area contributed by atoms with Crippen molar-refractivity contribution in [2.75, 3.05) is 26.2 Å². The highest BCUT2D eigenvalue weighted by Crippen LogP contribution is 2.26. The lowest BCUT2D eigenvalue weighted by Gasteiger charge is -2.13. The number of ether oxygens (including phenoxy) is 1. The third-order valence-electron chi connectivity index (χ3n) is 2.31. The number of halogens is 2. The van der Waals surface area contributed by atoms with Gasteiger partial charge in [-0.1, -0.05) is 23.2 Å². The van der Waals surface area contributed by atoms with E-state index in [0.717, 1.165) is 0 Å². The lowest BCUT2D eigenvalue weighted by atomic mass is 10.3. The molecule has 0 bridgehead atoms. The van der Waals surface area contributed by atoms with Crippen molar-refractivity contribution in [2.24, 2.45) is 5.73 Å². The van der Waals surface area contributed by atoms with E-state index in [4.69, 9.17) is 33.7 Å². The number of hydrogen-bond donors (Lipinski definition) is 4. The summed E-state index contributed by atoms with van der Waals surface area (Å²) in [6.45, 7) is 1.36. The van der Waals surface area contributed by atoms with E-state index in [2.05, 4.69) is 10.6 Å². The Morgan fingerprint density at radius 1 is 1.35 bits per heavy atom. The molecule has 0 saturated carbocycles. The molecule has 0 heterocycles. The van der Waals surface area contributed by atoms with Gasteiger partial charge in [0.1, 0.15) is 18.5 Å². The van der Waals surface area contributed by atoms with Gasteiger partial charge in [0, 0.05) is 25.7 Å². The summed E-state index contributed by atoms with van der Waals surface area (Å²) in [4.78, 5) is 10.4. The first-order valence-electron chi connectivity index (χ1n) is 5.99. The van der Waals surface area contributed by atoms with E-state index in [1.807, 2.05) is 0 Å². The number of primary amides is 1. The molecule has 0 fully saturated rings. The van der Waals surface area contributed by atoms with Crippen LogP contribution < -0.4 is 21.1 Å². The molecule has 0 spiro atoms. The molecule has 0 aliphatic heterocycles. The molecular weight excluding hydrogens is 305 g/mol. The van der Waals surface area contributed by atoms with E-state index in [-0.39, 0.29) is 6.61 Å². The molecule has 6 nitrogen and oxygen atoms in total. The zero-order valence-electron chi connectivity index (χ0n) is 10.7. The van der Waals surface area contributed by atoms with E-state index in [1.165, 1.54) is 0 Å². The monoisotopic (exact) mass is 321 g/mol. The molecule has 1 unspecified atom stereocenters. The van der Waals surface area contributed by atoms with Crippen LogP contribution in [0.2, 0.25) is 10.0 Å². The second-order valence-corrected chi connectivity index (χ2v) is 4.85. The van der Waals surface area contributed by atoms with Crippen LogP contribution in [0.1, 0.15) is 0 Å². The lowest BCUT2D eigenvalue weighted by Crippen LogP contribution is -2.38. The topological polar surface area (TPSA) is 96.6 Å². The third kappa shape index (κ3) is 6.81. The van der Waals surface area contributed by atoms with Crippen LogP contribution in [0.3, 0.4) is 0 Å². The highest BCUT2D eigenvalue weighted by Gasteiger charge is 2.06. The van der Waals surface area contributed by atoms with Gasteiger partial charge in [0.15, 0.2) is 0 Å². The predicted octanol–water partition coefficient (Wildman–Crippen LogP) is 0.991. The summed E-state index contributed by atoms with van der Waals surface area (Å²) in [5.74, 6) is 0.536. The summed E-state index contributed by atoms with van der Waals surface area (Å²) in [7, 11) is 0. The molecule has 8 heteroatoms. The molecule has 0 aromatic heterocycles. The molecule has 20 heavy (non-hydrogen) atoms. The lowest BCUT2D eigenvalue weighted by molar-refractivity contribution is 0.106. The van der Waals surface area contributed by atoms with Gasteiger partial charge in [-0.15, -0.1) is 0 Å². The summed E-state index contributed by atoms with van der Waals surface area (Å²) < 4.78 is 5.38. The van der Waals surface area contributed by atoms with Crippen LogP contribution in [0.15, 0.2) is 18.2 Å². The number of amides is 2. The number of benzene rings is 1. The molecule has 1 aromatic rings. The van der Waals surface area contributed by atoms with Gasteiger partial charge >= 0.3 is 6.03 Å². The average Bonchev–Trinajstić information content (AvgIpc) is 2.39. The van der Waals surface area contributed by atoms with Gasteiger partial charge in [0.2, 0.25) is 0 Å². The van der Waals surface area contributed by atoms with Crippen molar-refractivity contribution in [1.29, 1.82) is 0 Å². The fourth-order valence-corrected chi connectivity index (χ4v) is 1.65. The van der Waals surface area contributed by atoms with Gasteiger partial charge in [-0.25, -0.2) is 4.79 Å². The number of carbonyl (C=O) groups is 1. The van der Waals surface area contributed by atoms with Gasteiger partial charge < -0.3 is 26.2 Å². The van der Waals surface area contributed by atoms with Crippen LogP contribution in [-0.4, -0.2) is 43.5 Å². The standard InChI is InChI=1S/C12H17Cl2N3O3/c13-10-2-1-9(5-11(10)14)20-7-8(18)6-16-3-4-17-12(15)19/h1-2,5,8,16,18H,3-4,6-7H2,(H3,15,17,19). The number of hydrogen-bond acceptors (Lipinski definition) is 4. The average molecular weight is 322 g/mol. The maximum atomic E-state index is 10.4. The SMILES string of the molecule is NC(=O)NCCNCC(O)COc1ccc(Cl)c(Cl)c1. The number of carbonyl (C=O) groups excluding carboxylic acids is 1. The first kappa shape index (κ1) is 16.8. The van der Waals surface area contributed by atoms with Crippen molar-refractivity contribution < 1.29 is 14.6 Å². The van der Waals surface area contributed by atoms with Crippen molar-refractivity contribution in [3.8, 4) is 5.75 Å². The van der Waals surface area contributed by atoms with Crippen molar-refractivity contribution in [2.45, 2.75) is 6.10 Å². The van der Waals surface area contributed by atoms with E-state index in [9.17, 15) is 9.90 Å². The second kappa shape index (κ2) is 8.86. The number of nitrogens with two attached hydrogens (primary N) is 1. The number of urea groups is 1. The van der Waals surface area contributed by atoms with Crippen molar-refractivity contribution in [3.63, 3.8) is 0 Å². The van der Waals surface area contributed by atoms with E-state index < -0.39 is 12.1 Å². The normalized spacial score (nSPS) is 11.9. The summed E-state index contributed by atoms with van der Waals surface area (Å²) >= 11 is 11.6. The zero-order chi connectivity index (χ0) is 15.0. The van der Waals surface area contributed by atoms with Crippen LogP contribution in [0.25, 0.3) is 0 Å². The fraction of sp³-hybridized carbons (Fsp3) is 0.417. The quantitative estimate of drug-likeness (QED) is 0.537. The van der Waals surface area contributed by atoms with Gasteiger partial charge in [0.25, 0.3) is 0 Å². The van der Waals surface area contributed by atoms with Crippen LogP contribution in [0.4, 0.5) is 4.79 Å². The Morgan fingerprint density at radius 2 is 2.10 bits per heavy atom. The van der Waals surface area contributed by atoms with Crippen LogP contribution in [-0.2, 0) is 0 Å². The Bertz CT molecular complexity index is 446. The minimum Gasteiger partial charge on any atom is -0.491 e. The van der Waals surface area contributed by atoms with Crippen LogP contribution >= 0.6 is 23.2 Å². The Kier molecular flexibility index (Phi) is 7.46. The van der Waals surface area contributed by atoms with Crippen molar-refractivity contribution in [3.05, 3.63) is 28.2 Å². The van der Waals surface area contributed by atoms with Crippen molar-refractivity contribution >= 4 is 29.2 Å². The van der Waals surface area contributed by atoms with E-state index in [0.29, 0.717) is 35.4 Å². The highest BCUT2D eigenvalue weighted by atomic mass is 35.5. The smallest absolute Gasteiger partial charge is 0.312 e. The number of aliphatic hydroxyl groups excluding tert-OH is 1. The Balaban J connectivity index is 2.17. The predicted molar refractivity (Wildman–Crippen MR) is 78.4 cm³/mol. The van der Waals surface area contributed by atoms with Gasteiger partial charge in [-0.3, -0.25) is 0 Å². The molecule has 5 N–H and O–H groups in total. The second-order valence-electron chi connectivity index (χ2n) is 4.04. The first-order valence-corrected chi connectivity index (χ1v) is 6.74. The molecule has 1 atom stereocenters. The van der Waals surface area contributed by atoms with Crippen LogP contribution in [0.5, 0.6) is 5.75 Å². The molecule has 1 rings (SSSR count). The molecule has 112 valence electrons. The Morgan fingerprint density at radius 3 is 2.75 bits per heavy atom. The highest BCUT2D eigenvalue weighted by molar-refractivity contribution is 6.42. The van der Waals surface area contributed by atoms with Crippen LogP contribution in [0, 0.1) is 0 Å². The van der Waals surface area contributed by atoms with Crippen molar-refractivity contribution in [1.82, 2.24) is 10.6 Å². The first-order chi connectivity index (χ1) is 9.49. The Hall–Kier alpha value is -1.21. The summed E-state index contributed by atoms with van der Waals surface area (Å²) in [6, 6.07) is 4.31. The molecule has 0 radical (unpaired) electrons. The summed E-state index contributed by atoms with van der Waals surface area (Å²) in [6.07, 6.45) is -0.682. The minimum absolute atomic E-state index is 0.119. The number of nitrogens with one attached hydrogen (secondary N) is 2. The molecule has 0 aliphatic rings. The molecule has 0 saturated heterocycles. The molecule has 2 amide bonds. The maximum absolute atomic E-state index is 10.4. The van der Waals surface area contributed by atoms with Gasteiger partial charge in [-0.2, -0.15) is 0 Å². The molecular formula is C12H17Cl2N3O3. The summed E-state index contributed by atoms with van der Waals surface area (Å²) in [5, 5.41) is 15.9. The fourth-order valence-electron chi connectivity index (χ4n) is 1.36. The molecule has 0 aliphatic carbocycles. The molecule has 1 aromatic carbocycles. The maximum Gasteiger partial charge on any atom is 0.312 e. The van der Waals surface area contributed by atoms with Gasteiger partial charge in [0.05, 0.1) is 10.0 Å². The zero-order valence-corrected chi connectivity index (χ0v) is 12.2. The number of rotatable bonds is 8. The number of aliphatic hydroxyl groups is 1. The largest absolute Gasteiger partial charge is 0.491 e. The minimum atomic E-state index is -0.682. The third-order valence-corrected chi connectivity index (χ3v) is 3.05. The summed E-state index contributed by atoms with van der Waals surface area (Å²) in [5.41, 5.74) is 4.90. The van der Waals surface area contributed by atoms with E-state index >= 15 is 0 Å². The van der Waals surface area contributed by atoms with E-state index in [1.54, 1.807) is 18.2 Å². The van der Waals surface area contributed by atoms with Gasteiger partial charge in [-0.05, 0) is 12.1 Å².